The molecule has 0 bridgehead atoms. The molecule has 1 aliphatic heterocycles. The third kappa shape index (κ3) is 3.73. The number of fused-ring (bicyclic) bond motifs is 1. The fourth-order valence-electron chi connectivity index (χ4n) is 4.20. The van der Waals surface area contributed by atoms with E-state index in [1.165, 1.54) is 7.11 Å². The number of hydrogen-bond acceptors (Lipinski definition) is 3. The maximum absolute atomic E-state index is 13.2. The van der Waals surface area contributed by atoms with E-state index < -0.39 is 0 Å². The van der Waals surface area contributed by atoms with Crippen LogP contribution >= 0.6 is 0 Å². The summed E-state index contributed by atoms with van der Waals surface area (Å²) in [5.74, 6) is -0.312. The first-order chi connectivity index (χ1) is 14.6. The van der Waals surface area contributed by atoms with Gasteiger partial charge >= 0.3 is 5.97 Å². The van der Waals surface area contributed by atoms with Crippen molar-refractivity contribution in [2.75, 3.05) is 7.11 Å². The van der Waals surface area contributed by atoms with Gasteiger partial charge in [-0.1, -0.05) is 67.6 Å². The summed E-state index contributed by atoms with van der Waals surface area (Å²) < 4.78 is 4.93. The topological polar surface area (TPSA) is 46.6 Å². The van der Waals surface area contributed by atoms with Crippen molar-refractivity contribution in [3.63, 3.8) is 0 Å². The van der Waals surface area contributed by atoms with Gasteiger partial charge in [-0.05, 0) is 46.4 Å². The molecule has 1 heterocycles. The van der Waals surface area contributed by atoms with Crippen molar-refractivity contribution >= 4 is 11.9 Å². The number of ether oxygens (including phenoxy) is 1. The first kappa shape index (κ1) is 19.9. The average molecular weight is 399 g/mol. The molecule has 0 fully saturated rings. The van der Waals surface area contributed by atoms with Crippen LogP contribution in [-0.4, -0.2) is 23.9 Å². The van der Waals surface area contributed by atoms with Gasteiger partial charge in [-0.15, -0.1) is 0 Å². The summed E-state index contributed by atoms with van der Waals surface area (Å²) in [5.41, 5.74) is 5.69. The van der Waals surface area contributed by atoms with Gasteiger partial charge < -0.3 is 9.64 Å². The van der Waals surface area contributed by atoms with Crippen molar-refractivity contribution in [1.82, 2.24) is 4.90 Å². The number of carbonyl (C=O) groups excluding carboxylic acids is 2. The van der Waals surface area contributed by atoms with Crippen LogP contribution in [0.3, 0.4) is 0 Å². The van der Waals surface area contributed by atoms with Gasteiger partial charge in [0.2, 0.25) is 5.91 Å². The monoisotopic (exact) mass is 399 g/mol. The lowest BCUT2D eigenvalue weighted by Gasteiger charge is -2.22. The highest BCUT2D eigenvalue weighted by Crippen LogP contribution is 2.33. The van der Waals surface area contributed by atoms with Gasteiger partial charge in [0, 0.05) is 13.1 Å². The molecule has 0 saturated heterocycles. The van der Waals surface area contributed by atoms with Crippen molar-refractivity contribution in [3.05, 3.63) is 95.1 Å². The van der Waals surface area contributed by atoms with Gasteiger partial charge in [-0.25, -0.2) is 4.79 Å². The number of hydrogen-bond donors (Lipinski definition) is 0. The number of carbonyl (C=O) groups is 2. The molecule has 30 heavy (non-hydrogen) atoms. The van der Waals surface area contributed by atoms with E-state index in [9.17, 15) is 9.59 Å². The van der Waals surface area contributed by atoms with Gasteiger partial charge in [0.1, 0.15) is 0 Å². The number of nitrogens with zero attached hydrogens (tertiary/aromatic N) is 1. The van der Waals surface area contributed by atoms with Crippen LogP contribution in [0.1, 0.15) is 46.3 Å². The third-order valence-electron chi connectivity index (χ3n) is 5.79. The van der Waals surface area contributed by atoms with Crippen LogP contribution in [0.15, 0.2) is 72.8 Å². The fourth-order valence-corrected chi connectivity index (χ4v) is 4.20. The average Bonchev–Trinajstić information content (AvgIpc) is 3.23. The molecule has 4 nitrogen and oxygen atoms in total. The predicted octanol–water partition coefficient (Wildman–Crippen LogP) is 5.18. The molecule has 1 amide bonds. The van der Waals surface area contributed by atoms with Gasteiger partial charge in [0.05, 0.1) is 18.6 Å². The number of amides is 1. The van der Waals surface area contributed by atoms with Gasteiger partial charge in [0.15, 0.2) is 0 Å². The lowest BCUT2D eigenvalue weighted by Crippen LogP contribution is -2.30. The Bertz CT molecular complexity index is 1070. The Morgan fingerprint density at radius 1 is 0.933 bits per heavy atom. The molecule has 0 N–H and O–H groups in total. The summed E-state index contributed by atoms with van der Waals surface area (Å²) in [6.07, 6.45) is 0.771. The standard InChI is InChI=1S/C26H25NO3/c1-3-22(18-9-5-4-6-10-18)25(28)27-16-20-14-13-19(15-21(20)17-27)23-11-7-8-12-24(23)26(29)30-2/h4-15,22H,3,16-17H2,1-2H3/t22-/m1/s1. The number of rotatable bonds is 5. The molecule has 1 atom stereocenters. The smallest absolute Gasteiger partial charge is 0.338 e. The van der Waals surface area contributed by atoms with E-state index in [0.29, 0.717) is 18.7 Å². The van der Waals surface area contributed by atoms with Crippen LogP contribution in [-0.2, 0) is 22.6 Å². The Balaban J connectivity index is 1.59. The molecular weight excluding hydrogens is 374 g/mol. The quantitative estimate of drug-likeness (QED) is 0.556. The van der Waals surface area contributed by atoms with Crippen molar-refractivity contribution in [2.45, 2.75) is 32.4 Å². The van der Waals surface area contributed by atoms with Crippen molar-refractivity contribution in [3.8, 4) is 11.1 Å². The number of methoxy groups -OCH3 is 1. The molecule has 1 aliphatic rings. The molecule has 0 unspecified atom stereocenters. The lowest BCUT2D eigenvalue weighted by atomic mass is 9.95. The zero-order chi connectivity index (χ0) is 21.1. The number of benzene rings is 3. The highest BCUT2D eigenvalue weighted by Gasteiger charge is 2.29. The second-order valence-electron chi connectivity index (χ2n) is 7.59. The highest BCUT2D eigenvalue weighted by atomic mass is 16.5. The van der Waals surface area contributed by atoms with E-state index in [0.717, 1.165) is 34.2 Å². The Morgan fingerprint density at radius 3 is 2.37 bits per heavy atom. The van der Waals surface area contributed by atoms with E-state index in [1.807, 2.05) is 59.5 Å². The summed E-state index contributed by atoms with van der Waals surface area (Å²) in [4.78, 5) is 27.3. The first-order valence-corrected chi connectivity index (χ1v) is 10.3. The minimum atomic E-state index is -0.350. The van der Waals surface area contributed by atoms with Gasteiger partial charge in [-0.2, -0.15) is 0 Å². The molecule has 4 rings (SSSR count). The first-order valence-electron chi connectivity index (χ1n) is 10.3. The SMILES string of the molecule is CC[C@@H](C(=O)N1Cc2ccc(-c3ccccc3C(=O)OC)cc2C1)c1ccccc1. The van der Waals surface area contributed by atoms with Crippen molar-refractivity contribution in [2.24, 2.45) is 0 Å². The van der Waals surface area contributed by atoms with Crippen LogP contribution in [0.5, 0.6) is 0 Å². The summed E-state index contributed by atoms with van der Waals surface area (Å²) in [5, 5.41) is 0. The molecule has 0 aromatic heterocycles. The Hall–Kier alpha value is -3.40. The molecule has 0 radical (unpaired) electrons. The van der Waals surface area contributed by atoms with E-state index in [4.69, 9.17) is 4.74 Å². The molecule has 0 aliphatic carbocycles. The molecule has 0 saturated carbocycles. The zero-order valence-electron chi connectivity index (χ0n) is 17.3. The molecule has 3 aromatic rings. The largest absolute Gasteiger partial charge is 0.465 e. The maximum Gasteiger partial charge on any atom is 0.338 e. The molecule has 152 valence electrons. The number of esters is 1. The predicted molar refractivity (Wildman–Crippen MR) is 117 cm³/mol. The molecule has 3 aromatic carbocycles. The summed E-state index contributed by atoms with van der Waals surface area (Å²) in [6, 6.07) is 23.6. The molecular formula is C26H25NO3. The zero-order valence-corrected chi connectivity index (χ0v) is 17.3. The Labute approximate surface area is 177 Å². The molecule has 4 heteroatoms. The summed E-state index contributed by atoms with van der Waals surface area (Å²) in [6.45, 7) is 3.27. The minimum Gasteiger partial charge on any atom is -0.465 e. The van der Waals surface area contributed by atoms with E-state index in [-0.39, 0.29) is 17.8 Å². The van der Waals surface area contributed by atoms with Crippen molar-refractivity contribution < 1.29 is 14.3 Å². The second-order valence-corrected chi connectivity index (χ2v) is 7.59. The van der Waals surface area contributed by atoms with Crippen LogP contribution in [0.4, 0.5) is 0 Å². The summed E-state index contributed by atoms with van der Waals surface area (Å²) >= 11 is 0. The van der Waals surface area contributed by atoms with E-state index in [2.05, 4.69) is 19.1 Å². The normalized spacial score (nSPS) is 13.6. The lowest BCUT2D eigenvalue weighted by molar-refractivity contribution is -0.133. The molecule has 0 spiro atoms. The Morgan fingerprint density at radius 2 is 1.63 bits per heavy atom. The van der Waals surface area contributed by atoms with Crippen LogP contribution in [0.25, 0.3) is 11.1 Å². The van der Waals surface area contributed by atoms with E-state index >= 15 is 0 Å². The highest BCUT2D eigenvalue weighted by molar-refractivity contribution is 5.97. The second kappa shape index (κ2) is 8.54. The van der Waals surface area contributed by atoms with Crippen LogP contribution in [0.2, 0.25) is 0 Å². The Kier molecular flexibility index (Phi) is 5.66. The van der Waals surface area contributed by atoms with E-state index in [1.54, 1.807) is 6.07 Å². The fraction of sp³-hybridized carbons (Fsp3) is 0.231. The maximum atomic E-state index is 13.2. The minimum absolute atomic E-state index is 0.125. The van der Waals surface area contributed by atoms with Crippen LogP contribution in [0, 0.1) is 0 Å². The summed E-state index contributed by atoms with van der Waals surface area (Å²) in [7, 11) is 1.39. The van der Waals surface area contributed by atoms with Crippen LogP contribution < -0.4 is 0 Å². The van der Waals surface area contributed by atoms with Gasteiger partial charge in [0.25, 0.3) is 0 Å². The van der Waals surface area contributed by atoms with Gasteiger partial charge in [-0.3, -0.25) is 4.79 Å². The van der Waals surface area contributed by atoms with Crippen molar-refractivity contribution in [1.29, 1.82) is 0 Å². The third-order valence-corrected chi connectivity index (χ3v) is 5.79.